The van der Waals surface area contributed by atoms with Crippen LogP contribution < -0.4 is 10.7 Å². The van der Waals surface area contributed by atoms with Gasteiger partial charge in [0.2, 0.25) is 17.2 Å². The normalized spacial score (nSPS) is 8.68. The van der Waals surface area contributed by atoms with Crippen LogP contribution in [0.3, 0.4) is 0 Å². The van der Waals surface area contributed by atoms with Crippen molar-refractivity contribution in [2.75, 3.05) is 10.7 Å². The summed E-state index contributed by atoms with van der Waals surface area (Å²) in [5, 5.41) is 7.22. The highest BCUT2D eigenvalue weighted by molar-refractivity contribution is 6.28. The molecule has 6 nitrogen and oxygen atoms in total. The number of hydrogen-bond acceptors (Lipinski definition) is 6. The largest absolute Gasteiger partial charge is 0.324 e. The first-order valence-corrected chi connectivity index (χ1v) is 11.3. The number of halogens is 1. The molecule has 0 amide bonds. The van der Waals surface area contributed by atoms with Crippen LogP contribution in [0.4, 0.5) is 17.6 Å². The van der Waals surface area contributed by atoms with Crippen molar-refractivity contribution in [1.82, 2.24) is 15.0 Å². The van der Waals surface area contributed by atoms with E-state index < -0.39 is 0 Å². The first-order valence-electron chi connectivity index (χ1n) is 10.9. The quantitative estimate of drug-likeness (QED) is 0.310. The average Bonchev–Trinajstić information content (AvgIpc) is 2.85. The number of anilines is 3. The van der Waals surface area contributed by atoms with E-state index in [0.717, 1.165) is 11.3 Å². The van der Waals surface area contributed by atoms with Crippen molar-refractivity contribution in [3.8, 4) is 0 Å². The van der Waals surface area contributed by atoms with Gasteiger partial charge in [-0.2, -0.15) is 20.1 Å². The van der Waals surface area contributed by atoms with Gasteiger partial charge in [-0.25, -0.2) is 5.43 Å². The zero-order valence-corrected chi connectivity index (χ0v) is 20.8. The number of hydrogen-bond donors (Lipinski definition) is 2. The maximum absolute atomic E-state index is 5.92. The van der Waals surface area contributed by atoms with E-state index in [1.807, 2.05) is 116 Å². The van der Waals surface area contributed by atoms with Crippen LogP contribution in [-0.2, 0) is 0 Å². The molecule has 0 atom stereocenters. The first-order chi connectivity index (χ1) is 15.3. The van der Waals surface area contributed by atoms with Crippen LogP contribution >= 0.6 is 11.6 Å². The van der Waals surface area contributed by atoms with Gasteiger partial charge in [0.1, 0.15) is 0 Å². The molecule has 31 heavy (non-hydrogen) atoms. The standard InChI is InChI=1S/C16H13ClN6.4C2H6/c17-14-20-15(19-13-9-5-2-6-10-13)22-16(21-14)23-18-11-12-7-3-1-4-8-12;4*1-2/h1-11H,(H2,19,20,21,22,23);4*1-2H3/b18-11-;;;;. The summed E-state index contributed by atoms with van der Waals surface area (Å²) in [4.78, 5) is 12.2. The molecule has 0 aliphatic rings. The van der Waals surface area contributed by atoms with Crippen molar-refractivity contribution in [2.45, 2.75) is 55.4 Å². The minimum atomic E-state index is 0.0795. The van der Waals surface area contributed by atoms with Crippen LogP contribution in [0, 0.1) is 0 Å². The Labute approximate surface area is 193 Å². The highest BCUT2D eigenvalue weighted by Crippen LogP contribution is 2.15. The van der Waals surface area contributed by atoms with Crippen molar-refractivity contribution in [3.05, 3.63) is 71.5 Å². The molecule has 7 heteroatoms. The molecular weight excluding hydrogens is 408 g/mol. The van der Waals surface area contributed by atoms with Crippen LogP contribution in [0.1, 0.15) is 61.0 Å². The van der Waals surface area contributed by atoms with E-state index in [4.69, 9.17) is 11.6 Å². The minimum Gasteiger partial charge on any atom is -0.324 e. The second-order valence-electron chi connectivity index (χ2n) is 4.52. The molecule has 2 N–H and O–H groups in total. The zero-order chi connectivity index (χ0) is 23.9. The Balaban J connectivity index is 0. The fraction of sp³-hybridized carbons (Fsp3) is 0.333. The lowest BCUT2D eigenvalue weighted by Crippen LogP contribution is -2.03. The molecule has 170 valence electrons. The molecule has 0 aliphatic carbocycles. The molecule has 1 aromatic heterocycles. The predicted molar refractivity (Wildman–Crippen MR) is 138 cm³/mol. The summed E-state index contributed by atoms with van der Waals surface area (Å²) < 4.78 is 0. The van der Waals surface area contributed by atoms with Gasteiger partial charge in [-0.1, -0.05) is 104 Å². The van der Waals surface area contributed by atoms with Gasteiger partial charge in [-0.15, -0.1) is 0 Å². The zero-order valence-electron chi connectivity index (χ0n) is 20.0. The molecule has 0 fully saturated rings. The van der Waals surface area contributed by atoms with Crippen LogP contribution in [0.15, 0.2) is 65.8 Å². The van der Waals surface area contributed by atoms with Gasteiger partial charge < -0.3 is 5.32 Å². The molecule has 3 rings (SSSR count). The summed E-state index contributed by atoms with van der Waals surface area (Å²) in [5.41, 5.74) is 4.56. The molecule has 0 spiro atoms. The third-order valence-electron chi connectivity index (χ3n) is 2.82. The van der Waals surface area contributed by atoms with Crippen LogP contribution in [0.5, 0.6) is 0 Å². The minimum absolute atomic E-state index is 0.0795. The van der Waals surface area contributed by atoms with Gasteiger partial charge in [0.05, 0.1) is 6.21 Å². The van der Waals surface area contributed by atoms with E-state index in [1.165, 1.54) is 0 Å². The fourth-order valence-corrected chi connectivity index (χ4v) is 1.97. The molecule has 3 aromatic rings. The number of aromatic nitrogens is 3. The maximum atomic E-state index is 5.92. The van der Waals surface area contributed by atoms with E-state index in [2.05, 4.69) is 30.8 Å². The van der Waals surface area contributed by atoms with Crippen LogP contribution in [0.25, 0.3) is 0 Å². The number of para-hydroxylation sites is 1. The highest BCUT2D eigenvalue weighted by Gasteiger charge is 2.04. The monoisotopic (exact) mass is 444 g/mol. The number of nitrogens with one attached hydrogen (secondary N) is 2. The van der Waals surface area contributed by atoms with E-state index in [-0.39, 0.29) is 11.2 Å². The molecule has 0 bridgehead atoms. The third kappa shape index (κ3) is 13.8. The Bertz CT molecular complexity index is 796. The Kier molecular flexibility index (Phi) is 21.2. The molecule has 2 aromatic carbocycles. The summed E-state index contributed by atoms with van der Waals surface area (Å²) in [7, 11) is 0. The van der Waals surface area contributed by atoms with Crippen molar-refractivity contribution in [1.29, 1.82) is 0 Å². The summed E-state index contributed by atoms with van der Waals surface area (Å²) in [5.74, 6) is 0.601. The lowest BCUT2D eigenvalue weighted by Gasteiger charge is -2.06. The predicted octanol–water partition coefficient (Wildman–Crippen LogP) is 7.82. The van der Waals surface area contributed by atoms with Gasteiger partial charge in [0, 0.05) is 5.69 Å². The summed E-state index contributed by atoms with van der Waals surface area (Å²) in [6.45, 7) is 16.0. The number of hydrazone groups is 1. The summed E-state index contributed by atoms with van der Waals surface area (Å²) in [6.07, 6.45) is 1.67. The van der Waals surface area contributed by atoms with E-state index >= 15 is 0 Å². The molecule has 0 saturated heterocycles. The maximum Gasteiger partial charge on any atom is 0.249 e. The Morgan fingerprint density at radius 1 is 0.677 bits per heavy atom. The van der Waals surface area contributed by atoms with Gasteiger partial charge >= 0.3 is 0 Å². The summed E-state index contributed by atoms with van der Waals surface area (Å²) in [6, 6.07) is 19.2. The number of benzene rings is 2. The molecular formula is C24H37ClN6. The highest BCUT2D eigenvalue weighted by atomic mass is 35.5. The Hall–Kier alpha value is -2.99. The SMILES string of the molecule is CC.CC.CC.CC.Clc1nc(N/N=C\c2ccccc2)nc(Nc2ccccc2)n1. The Morgan fingerprint density at radius 2 is 1.16 bits per heavy atom. The van der Waals surface area contributed by atoms with Crippen molar-refractivity contribution < 1.29 is 0 Å². The van der Waals surface area contributed by atoms with Gasteiger partial charge in [0.15, 0.2) is 0 Å². The molecule has 0 unspecified atom stereocenters. The van der Waals surface area contributed by atoms with E-state index in [0.29, 0.717) is 5.95 Å². The third-order valence-corrected chi connectivity index (χ3v) is 2.98. The first kappa shape index (κ1) is 30.2. The summed E-state index contributed by atoms with van der Waals surface area (Å²) >= 11 is 5.92. The van der Waals surface area contributed by atoms with Crippen molar-refractivity contribution >= 4 is 35.4 Å². The van der Waals surface area contributed by atoms with Gasteiger partial charge in [-0.05, 0) is 29.3 Å². The average molecular weight is 445 g/mol. The molecule has 1 heterocycles. The topological polar surface area (TPSA) is 75.1 Å². The van der Waals surface area contributed by atoms with Crippen molar-refractivity contribution in [3.63, 3.8) is 0 Å². The molecule has 0 radical (unpaired) electrons. The van der Waals surface area contributed by atoms with E-state index in [9.17, 15) is 0 Å². The van der Waals surface area contributed by atoms with Crippen LogP contribution in [0.2, 0.25) is 5.28 Å². The van der Waals surface area contributed by atoms with Gasteiger partial charge in [0.25, 0.3) is 0 Å². The van der Waals surface area contributed by atoms with Crippen LogP contribution in [-0.4, -0.2) is 21.2 Å². The van der Waals surface area contributed by atoms with E-state index in [1.54, 1.807) is 6.21 Å². The number of rotatable bonds is 5. The molecule has 0 saturated carbocycles. The van der Waals surface area contributed by atoms with Crippen molar-refractivity contribution in [2.24, 2.45) is 5.10 Å². The fourth-order valence-electron chi connectivity index (χ4n) is 1.81. The second-order valence-corrected chi connectivity index (χ2v) is 4.86. The smallest absolute Gasteiger partial charge is 0.249 e. The number of nitrogens with zero attached hydrogens (tertiary/aromatic N) is 4. The van der Waals surface area contributed by atoms with Gasteiger partial charge in [-0.3, -0.25) is 0 Å². The molecule has 0 aliphatic heterocycles. The second kappa shape index (κ2) is 21.7. The lowest BCUT2D eigenvalue weighted by atomic mass is 10.2. The lowest BCUT2D eigenvalue weighted by molar-refractivity contribution is 1.04. The Morgan fingerprint density at radius 3 is 1.71 bits per heavy atom.